The molecule has 134 valence electrons. The van der Waals surface area contributed by atoms with Gasteiger partial charge in [-0.15, -0.1) is 11.8 Å². The molecule has 0 aliphatic rings. The first kappa shape index (κ1) is 20.3. The number of hydrogen-bond donors (Lipinski definition) is 0. The van der Waals surface area contributed by atoms with E-state index in [1.54, 1.807) is 18.7 Å². The lowest BCUT2D eigenvalue weighted by Crippen LogP contribution is -1.90. The van der Waals surface area contributed by atoms with Crippen LogP contribution >= 0.6 is 23.5 Å². The molecule has 3 rings (SSSR count). The zero-order valence-electron chi connectivity index (χ0n) is 15.4. The largest absolute Gasteiger partial charge is 0.295 e. The summed E-state index contributed by atoms with van der Waals surface area (Å²) in [6.07, 6.45) is 0. The zero-order chi connectivity index (χ0) is 18.8. The van der Waals surface area contributed by atoms with Gasteiger partial charge in [-0.25, -0.2) is 0 Å². The maximum atomic E-state index is 11.1. The summed E-state index contributed by atoms with van der Waals surface area (Å²) in [6, 6.07) is 28.4. The minimum Gasteiger partial charge on any atom is -0.295 e. The number of Topliss-reactive ketones (excluding diaryl/α,β-unsaturated/α-hetero) is 1. The van der Waals surface area contributed by atoms with Crippen LogP contribution in [0, 0.1) is 0 Å². The van der Waals surface area contributed by atoms with Crippen LogP contribution in [0.5, 0.6) is 0 Å². The van der Waals surface area contributed by atoms with Gasteiger partial charge in [0.25, 0.3) is 0 Å². The smallest absolute Gasteiger partial charge is 0.159 e. The lowest BCUT2D eigenvalue weighted by atomic mass is 10.2. The van der Waals surface area contributed by atoms with Crippen LogP contribution in [0.15, 0.2) is 99.6 Å². The highest BCUT2D eigenvalue weighted by Crippen LogP contribution is 2.27. The summed E-state index contributed by atoms with van der Waals surface area (Å²) >= 11 is 3.60. The van der Waals surface area contributed by atoms with E-state index in [4.69, 9.17) is 0 Å². The van der Waals surface area contributed by atoms with Crippen LogP contribution in [0.2, 0.25) is 0 Å². The number of carbonyl (C=O) groups excluding carboxylic acids is 1. The van der Waals surface area contributed by atoms with Crippen molar-refractivity contribution in [2.75, 3.05) is 0 Å². The highest BCUT2D eigenvalue weighted by atomic mass is 32.2. The fraction of sp³-hybridized carbons (Fsp3) is 0.174. The molecule has 0 aromatic heterocycles. The molecular formula is C23H24OS2. The van der Waals surface area contributed by atoms with Gasteiger partial charge in [-0.3, -0.25) is 4.79 Å². The summed E-state index contributed by atoms with van der Waals surface area (Å²) in [5.41, 5.74) is 0.761. The molecule has 0 aliphatic heterocycles. The summed E-state index contributed by atoms with van der Waals surface area (Å²) in [6.45, 7) is 5.99. The summed E-state index contributed by atoms with van der Waals surface area (Å²) in [5, 5.41) is 0.683. The third-order valence-corrected chi connectivity index (χ3v) is 5.39. The van der Waals surface area contributed by atoms with E-state index >= 15 is 0 Å². The summed E-state index contributed by atoms with van der Waals surface area (Å²) < 4.78 is 0. The molecule has 0 heterocycles. The molecule has 0 radical (unpaired) electrons. The number of thioether (sulfide) groups is 1. The second-order valence-electron chi connectivity index (χ2n) is 5.98. The van der Waals surface area contributed by atoms with Crippen molar-refractivity contribution < 1.29 is 4.79 Å². The van der Waals surface area contributed by atoms with Gasteiger partial charge in [-0.2, -0.15) is 0 Å². The Kier molecular flexibility index (Phi) is 8.52. The summed E-state index contributed by atoms with van der Waals surface area (Å²) in [4.78, 5) is 14.8. The Morgan fingerprint density at radius 2 is 1.15 bits per heavy atom. The topological polar surface area (TPSA) is 17.1 Å². The Morgan fingerprint density at radius 1 is 0.692 bits per heavy atom. The maximum absolute atomic E-state index is 11.1. The molecule has 0 aliphatic carbocycles. The predicted molar refractivity (Wildman–Crippen MR) is 114 cm³/mol. The Balaban J connectivity index is 0.000000209. The molecule has 3 aromatic rings. The first-order chi connectivity index (χ1) is 12.5. The number of benzene rings is 3. The number of rotatable bonds is 5. The first-order valence-corrected chi connectivity index (χ1v) is 10.3. The third kappa shape index (κ3) is 7.51. The molecule has 0 amide bonds. The fourth-order valence-corrected chi connectivity index (χ4v) is 3.85. The Labute approximate surface area is 165 Å². The van der Waals surface area contributed by atoms with Crippen molar-refractivity contribution in [1.82, 2.24) is 0 Å². The number of carbonyl (C=O) groups is 1. The maximum Gasteiger partial charge on any atom is 0.159 e. The van der Waals surface area contributed by atoms with Gasteiger partial charge in [0.2, 0.25) is 0 Å². The quantitative estimate of drug-likeness (QED) is 0.343. The molecule has 0 saturated carbocycles. The van der Waals surface area contributed by atoms with Crippen molar-refractivity contribution in [3.8, 4) is 0 Å². The normalized spacial score (nSPS) is 10.2. The second-order valence-corrected chi connectivity index (χ2v) is 8.77. The van der Waals surface area contributed by atoms with Gasteiger partial charge in [0.15, 0.2) is 5.78 Å². The summed E-state index contributed by atoms with van der Waals surface area (Å²) in [7, 11) is 0. The molecule has 0 saturated heterocycles. The van der Waals surface area contributed by atoms with E-state index < -0.39 is 0 Å². The highest BCUT2D eigenvalue weighted by Gasteiger charge is 2.00. The Bertz CT molecular complexity index is 781. The monoisotopic (exact) mass is 380 g/mol. The molecule has 3 heteroatoms. The van der Waals surface area contributed by atoms with Gasteiger partial charge in [0.1, 0.15) is 0 Å². The minimum atomic E-state index is 0.108. The second kappa shape index (κ2) is 10.9. The van der Waals surface area contributed by atoms with E-state index in [2.05, 4.69) is 50.2 Å². The van der Waals surface area contributed by atoms with Crippen molar-refractivity contribution >= 4 is 29.3 Å². The van der Waals surface area contributed by atoms with Gasteiger partial charge in [0.05, 0.1) is 0 Å². The van der Waals surface area contributed by atoms with E-state index in [0.29, 0.717) is 5.25 Å². The van der Waals surface area contributed by atoms with Gasteiger partial charge in [-0.1, -0.05) is 74.1 Å². The van der Waals surface area contributed by atoms with Crippen molar-refractivity contribution in [2.24, 2.45) is 0 Å². The molecule has 0 fully saturated rings. The lowest BCUT2D eigenvalue weighted by Gasteiger charge is -2.02. The van der Waals surface area contributed by atoms with Crippen LogP contribution in [-0.4, -0.2) is 11.0 Å². The highest BCUT2D eigenvalue weighted by molar-refractivity contribution is 8.00. The van der Waals surface area contributed by atoms with Crippen molar-refractivity contribution in [1.29, 1.82) is 0 Å². The predicted octanol–water partition coefficient (Wildman–Crippen LogP) is 7.23. The molecule has 0 spiro atoms. The molecule has 1 nitrogen and oxygen atoms in total. The number of hydrogen-bond acceptors (Lipinski definition) is 3. The van der Waals surface area contributed by atoms with Gasteiger partial charge in [-0.05, 0) is 43.3 Å². The van der Waals surface area contributed by atoms with Crippen LogP contribution in [0.3, 0.4) is 0 Å². The molecule has 0 atom stereocenters. The van der Waals surface area contributed by atoms with Crippen molar-refractivity contribution in [2.45, 2.75) is 40.7 Å². The lowest BCUT2D eigenvalue weighted by molar-refractivity contribution is 0.101. The van der Waals surface area contributed by atoms with Crippen LogP contribution in [0.4, 0.5) is 0 Å². The average molecular weight is 381 g/mol. The molecule has 0 unspecified atom stereocenters. The van der Waals surface area contributed by atoms with Gasteiger partial charge in [0, 0.05) is 25.5 Å². The first-order valence-electron chi connectivity index (χ1n) is 8.60. The Hall–Kier alpha value is -1.97. The standard InChI is InChI=1S/C14H12OS.C9H12S/c1-11(15)12-7-9-14(10-8-12)16-13-5-3-2-4-6-13;1-8(2)10-9-6-4-3-5-7-9/h2-10H,1H3;3-8H,1-2H3. The molecule has 0 bridgehead atoms. The van der Waals surface area contributed by atoms with E-state index in [-0.39, 0.29) is 5.78 Å². The SMILES string of the molecule is CC(=O)c1ccc(Sc2ccccc2)cc1.CC(C)Sc1ccccc1. The van der Waals surface area contributed by atoms with E-state index in [1.807, 2.05) is 60.3 Å². The van der Waals surface area contributed by atoms with Crippen LogP contribution in [0.25, 0.3) is 0 Å². The van der Waals surface area contributed by atoms with Gasteiger partial charge < -0.3 is 0 Å². The summed E-state index contributed by atoms with van der Waals surface area (Å²) in [5.74, 6) is 0.108. The van der Waals surface area contributed by atoms with Gasteiger partial charge >= 0.3 is 0 Å². The molecule has 26 heavy (non-hydrogen) atoms. The average Bonchev–Trinajstić information content (AvgIpc) is 2.64. The Morgan fingerprint density at radius 3 is 1.62 bits per heavy atom. The van der Waals surface area contributed by atoms with Crippen molar-refractivity contribution in [3.63, 3.8) is 0 Å². The van der Waals surface area contributed by atoms with E-state index in [0.717, 1.165) is 10.5 Å². The number of ketones is 1. The molecule has 3 aromatic carbocycles. The van der Waals surface area contributed by atoms with Crippen LogP contribution in [0.1, 0.15) is 31.1 Å². The van der Waals surface area contributed by atoms with E-state index in [1.165, 1.54) is 9.79 Å². The van der Waals surface area contributed by atoms with E-state index in [9.17, 15) is 4.79 Å². The van der Waals surface area contributed by atoms with Crippen molar-refractivity contribution in [3.05, 3.63) is 90.5 Å². The third-order valence-electron chi connectivity index (χ3n) is 3.35. The van der Waals surface area contributed by atoms with Crippen LogP contribution in [-0.2, 0) is 0 Å². The zero-order valence-corrected chi connectivity index (χ0v) is 17.0. The molecular weight excluding hydrogens is 356 g/mol. The molecule has 0 N–H and O–H groups in total. The fourth-order valence-electron chi connectivity index (χ4n) is 2.15. The minimum absolute atomic E-state index is 0.108. The van der Waals surface area contributed by atoms with Crippen LogP contribution < -0.4 is 0 Å².